The number of halogens is 1. The molecule has 1 aromatic heterocycles. The van der Waals surface area contributed by atoms with Gasteiger partial charge in [0.25, 0.3) is 5.91 Å². The number of fused-ring (bicyclic) bond motifs is 1. The lowest BCUT2D eigenvalue weighted by atomic mass is 10.1. The molecule has 0 saturated carbocycles. The number of carbonyl (C=O) groups is 1. The molecule has 1 aliphatic rings. The molecule has 2 heterocycles. The second kappa shape index (κ2) is 7.01. The Kier molecular flexibility index (Phi) is 4.57. The number of amides is 1. The summed E-state index contributed by atoms with van der Waals surface area (Å²) in [5.41, 5.74) is 4.00. The van der Waals surface area contributed by atoms with Gasteiger partial charge in [0.15, 0.2) is 5.69 Å². The highest BCUT2D eigenvalue weighted by molar-refractivity contribution is 9.10. The Morgan fingerprint density at radius 1 is 1.19 bits per heavy atom. The zero-order valence-corrected chi connectivity index (χ0v) is 15.7. The lowest BCUT2D eigenvalue weighted by Crippen LogP contribution is -2.24. The fourth-order valence-electron chi connectivity index (χ4n) is 2.89. The summed E-state index contributed by atoms with van der Waals surface area (Å²) in [5, 5.41) is 11.1. The van der Waals surface area contributed by atoms with Crippen LogP contribution in [0.4, 0.5) is 5.69 Å². The third-order valence-corrected chi connectivity index (χ3v) is 4.89. The first kappa shape index (κ1) is 16.9. The highest BCUT2D eigenvalue weighted by Gasteiger charge is 2.27. The third-order valence-electron chi connectivity index (χ3n) is 4.36. The van der Waals surface area contributed by atoms with Gasteiger partial charge in [-0.25, -0.2) is 4.68 Å². The molecule has 2 aromatic carbocycles. The third kappa shape index (κ3) is 3.40. The fourth-order valence-corrected chi connectivity index (χ4v) is 3.16. The van der Waals surface area contributed by atoms with E-state index in [2.05, 4.69) is 62.7 Å². The molecule has 0 spiro atoms. The van der Waals surface area contributed by atoms with E-state index in [0.717, 1.165) is 10.0 Å². The number of rotatable bonds is 3. The van der Waals surface area contributed by atoms with Gasteiger partial charge in [0.1, 0.15) is 6.10 Å². The van der Waals surface area contributed by atoms with Gasteiger partial charge in [-0.15, -0.1) is 5.10 Å². The quantitative estimate of drug-likeness (QED) is 0.708. The summed E-state index contributed by atoms with van der Waals surface area (Å²) in [4.78, 5) is 12.5. The summed E-state index contributed by atoms with van der Waals surface area (Å²) in [6.07, 6.45) is -0.0906. The van der Waals surface area contributed by atoms with Gasteiger partial charge < -0.3 is 10.1 Å². The molecule has 0 radical (unpaired) electrons. The van der Waals surface area contributed by atoms with Crippen molar-refractivity contribution in [3.05, 3.63) is 75.5 Å². The maximum absolute atomic E-state index is 12.5. The number of aromatic nitrogens is 3. The van der Waals surface area contributed by atoms with Crippen LogP contribution in [0.25, 0.3) is 0 Å². The Morgan fingerprint density at radius 3 is 2.65 bits per heavy atom. The van der Waals surface area contributed by atoms with Crippen molar-refractivity contribution in [1.82, 2.24) is 15.0 Å². The second-order valence-electron chi connectivity index (χ2n) is 6.24. The van der Waals surface area contributed by atoms with Crippen LogP contribution in [0.2, 0.25) is 0 Å². The Labute approximate surface area is 159 Å². The van der Waals surface area contributed by atoms with Crippen LogP contribution in [0, 0.1) is 6.92 Å². The van der Waals surface area contributed by atoms with Crippen molar-refractivity contribution in [2.45, 2.75) is 26.2 Å². The first-order valence-corrected chi connectivity index (χ1v) is 9.07. The van der Waals surface area contributed by atoms with Crippen molar-refractivity contribution in [2.24, 2.45) is 0 Å². The van der Waals surface area contributed by atoms with E-state index in [1.165, 1.54) is 5.56 Å². The summed E-state index contributed by atoms with van der Waals surface area (Å²) in [7, 11) is 0. The van der Waals surface area contributed by atoms with E-state index in [-0.39, 0.29) is 12.0 Å². The second-order valence-corrected chi connectivity index (χ2v) is 7.15. The molecule has 1 atom stereocenters. The van der Waals surface area contributed by atoms with Gasteiger partial charge in [0, 0.05) is 10.2 Å². The highest BCUT2D eigenvalue weighted by Crippen LogP contribution is 2.27. The molecule has 6 nitrogen and oxygen atoms in total. The van der Waals surface area contributed by atoms with Gasteiger partial charge in [0.2, 0.25) is 0 Å². The highest BCUT2D eigenvalue weighted by atomic mass is 79.9. The molecule has 1 aliphatic heterocycles. The zero-order chi connectivity index (χ0) is 18.1. The topological polar surface area (TPSA) is 69.0 Å². The molecule has 7 heteroatoms. The van der Waals surface area contributed by atoms with Crippen molar-refractivity contribution in [1.29, 1.82) is 0 Å². The van der Waals surface area contributed by atoms with Gasteiger partial charge in [-0.2, -0.15) is 0 Å². The molecule has 26 heavy (non-hydrogen) atoms. The van der Waals surface area contributed by atoms with E-state index >= 15 is 0 Å². The predicted molar refractivity (Wildman–Crippen MR) is 101 cm³/mol. The van der Waals surface area contributed by atoms with Crippen LogP contribution in [0.3, 0.4) is 0 Å². The Hall–Kier alpha value is -2.51. The number of carbonyl (C=O) groups excluding carboxylic acids is 1. The molecule has 0 aliphatic carbocycles. The fraction of sp³-hybridized carbons (Fsp3) is 0.211. The van der Waals surface area contributed by atoms with Gasteiger partial charge in [0.05, 0.1) is 18.8 Å². The van der Waals surface area contributed by atoms with Crippen LogP contribution >= 0.6 is 15.9 Å². The lowest BCUT2D eigenvalue weighted by Gasteiger charge is -2.24. The molecule has 0 fully saturated rings. The molecule has 1 amide bonds. The minimum absolute atomic E-state index is 0.0906. The summed E-state index contributed by atoms with van der Waals surface area (Å²) in [6.45, 7) is 2.89. The Balaban J connectivity index is 1.51. The molecular formula is C19H17BrN4O2. The summed E-state index contributed by atoms with van der Waals surface area (Å²) in [5.74, 6) is -0.286. The standard InChI is InChI=1S/C19H17BrN4O2/c1-12-2-4-13(5-3-12)17-10-24-16(11-26-17)18(22-23-24)19(25)21-15-8-6-14(20)7-9-15/h2-9,17H,10-11H2,1H3,(H,21,25)/t17-/m1/s1. The van der Waals surface area contributed by atoms with Crippen LogP contribution in [0.5, 0.6) is 0 Å². The van der Waals surface area contributed by atoms with Gasteiger partial charge >= 0.3 is 0 Å². The van der Waals surface area contributed by atoms with Crippen LogP contribution < -0.4 is 5.32 Å². The van der Waals surface area contributed by atoms with E-state index in [1.54, 1.807) is 4.68 Å². The van der Waals surface area contributed by atoms with E-state index in [4.69, 9.17) is 4.74 Å². The molecule has 4 rings (SSSR count). The average molecular weight is 413 g/mol. The number of hydrogen-bond donors (Lipinski definition) is 1. The smallest absolute Gasteiger partial charge is 0.278 e. The number of benzene rings is 2. The summed E-state index contributed by atoms with van der Waals surface area (Å²) >= 11 is 3.37. The number of anilines is 1. The van der Waals surface area contributed by atoms with E-state index < -0.39 is 0 Å². The van der Waals surface area contributed by atoms with Crippen molar-refractivity contribution >= 4 is 27.5 Å². The summed E-state index contributed by atoms with van der Waals surface area (Å²) < 4.78 is 8.66. The minimum atomic E-state index is -0.286. The van der Waals surface area contributed by atoms with Crippen LogP contribution in [-0.4, -0.2) is 20.9 Å². The minimum Gasteiger partial charge on any atom is -0.365 e. The zero-order valence-electron chi connectivity index (χ0n) is 14.1. The number of nitrogens with zero attached hydrogens (tertiary/aromatic N) is 3. The molecular weight excluding hydrogens is 396 g/mol. The SMILES string of the molecule is Cc1ccc([C@H]2Cn3nnc(C(=O)Nc4ccc(Br)cc4)c3CO2)cc1. The lowest BCUT2D eigenvalue weighted by molar-refractivity contribution is -0.00171. The first-order valence-electron chi connectivity index (χ1n) is 8.27. The average Bonchev–Trinajstić information content (AvgIpc) is 3.07. The first-order chi connectivity index (χ1) is 12.6. The van der Waals surface area contributed by atoms with Crippen molar-refractivity contribution in [3.63, 3.8) is 0 Å². The van der Waals surface area contributed by atoms with Gasteiger partial charge in [-0.05, 0) is 36.8 Å². The Morgan fingerprint density at radius 2 is 1.92 bits per heavy atom. The van der Waals surface area contributed by atoms with E-state index in [9.17, 15) is 4.79 Å². The largest absolute Gasteiger partial charge is 0.365 e. The molecule has 132 valence electrons. The van der Waals surface area contributed by atoms with Gasteiger partial charge in [-0.3, -0.25) is 4.79 Å². The molecule has 0 unspecified atom stereocenters. The number of hydrogen-bond acceptors (Lipinski definition) is 4. The van der Waals surface area contributed by atoms with E-state index in [0.29, 0.717) is 30.2 Å². The molecule has 3 aromatic rings. The maximum Gasteiger partial charge on any atom is 0.278 e. The van der Waals surface area contributed by atoms with Crippen molar-refractivity contribution in [3.8, 4) is 0 Å². The Bertz CT molecular complexity index is 935. The number of aryl methyl sites for hydroxylation is 1. The molecule has 0 bridgehead atoms. The normalized spacial score (nSPS) is 16.2. The maximum atomic E-state index is 12.5. The molecule has 0 saturated heterocycles. The monoisotopic (exact) mass is 412 g/mol. The van der Waals surface area contributed by atoms with Crippen LogP contribution in [0.15, 0.2) is 53.0 Å². The number of nitrogens with one attached hydrogen (secondary N) is 1. The van der Waals surface area contributed by atoms with Crippen molar-refractivity contribution in [2.75, 3.05) is 5.32 Å². The van der Waals surface area contributed by atoms with E-state index in [1.807, 2.05) is 24.3 Å². The van der Waals surface area contributed by atoms with Crippen LogP contribution in [-0.2, 0) is 17.9 Å². The predicted octanol–water partition coefficient (Wildman–Crippen LogP) is 3.87. The van der Waals surface area contributed by atoms with Gasteiger partial charge in [-0.1, -0.05) is 51.0 Å². The van der Waals surface area contributed by atoms with Crippen LogP contribution in [0.1, 0.15) is 33.4 Å². The summed E-state index contributed by atoms with van der Waals surface area (Å²) in [6, 6.07) is 15.6. The van der Waals surface area contributed by atoms with Crippen molar-refractivity contribution < 1.29 is 9.53 Å². The number of ether oxygens (including phenoxy) is 1. The molecule has 1 N–H and O–H groups in total.